The minimum absolute atomic E-state index is 0.0798. The topological polar surface area (TPSA) is 66.8 Å². The van der Waals surface area contributed by atoms with E-state index in [1.165, 1.54) is 0 Å². The molecule has 1 aliphatic heterocycles. The van der Waals surface area contributed by atoms with Gasteiger partial charge in [0, 0.05) is 32.7 Å². The minimum Gasteiger partial charge on any atom is -0.481 e. The zero-order valence-corrected chi connectivity index (χ0v) is 12.2. The number of nitrogens with zero attached hydrogens (tertiary/aromatic N) is 1. The van der Waals surface area contributed by atoms with E-state index in [9.17, 15) is 9.59 Å². The maximum Gasteiger partial charge on any atom is 0.306 e. The fourth-order valence-corrected chi connectivity index (χ4v) is 3.45. The summed E-state index contributed by atoms with van der Waals surface area (Å²) in [4.78, 5) is 25.5. The Bertz CT molecular complexity index is 350. The Balaban J connectivity index is 1.84. The normalized spacial score (nSPS) is 28.4. The average Bonchev–Trinajstić information content (AvgIpc) is 2.48. The molecule has 1 aliphatic carbocycles. The number of piperidine rings is 1. The molecule has 0 aromatic rings. The number of carboxylic acids is 1. The summed E-state index contributed by atoms with van der Waals surface area (Å²) < 4.78 is 5.17. The second-order valence-corrected chi connectivity index (χ2v) is 6.12. The molecule has 0 spiro atoms. The van der Waals surface area contributed by atoms with E-state index in [1.807, 2.05) is 4.90 Å². The van der Waals surface area contributed by atoms with Crippen LogP contribution in [0.3, 0.4) is 0 Å². The summed E-state index contributed by atoms with van der Waals surface area (Å²) in [6.45, 7) is 2.36. The van der Waals surface area contributed by atoms with Crippen molar-refractivity contribution in [2.45, 2.75) is 38.5 Å². The van der Waals surface area contributed by atoms with E-state index in [-0.39, 0.29) is 17.7 Å². The number of ether oxygens (including phenoxy) is 1. The fourth-order valence-electron chi connectivity index (χ4n) is 3.45. The highest BCUT2D eigenvalue weighted by molar-refractivity contribution is 5.80. The number of amides is 1. The second kappa shape index (κ2) is 7.07. The molecule has 0 aromatic heterocycles. The van der Waals surface area contributed by atoms with Crippen molar-refractivity contribution in [3.8, 4) is 0 Å². The molecular weight excluding hydrogens is 258 g/mol. The average molecular weight is 283 g/mol. The van der Waals surface area contributed by atoms with Crippen molar-refractivity contribution in [3.05, 3.63) is 0 Å². The molecule has 2 fully saturated rings. The van der Waals surface area contributed by atoms with Crippen molar-refractivity contribution >= 4 is 11.9 Å². The summed E-state index contributed by atoms with van der Waals surface area (Å²) in [6, 6.07) is 0. The maximum absolute atomic E-state index is 12.5. The first kappa shape index (κ1) is 15.3. The molecule has 0 radical (unpaired) electrons. The number of carboxylic acid groups (broad SMARTS) is 1. The highest BCUT2D eigenvalue weighted by atomic mass is 16.5. The van der Waals surface area contributed by atoms with Gasteiger partial charge in [-0.25, -0.2) is 0 Å². The van der Waals surface area contributed by atoms with Gasteiger partial charge in [0.1, 0.15) is 0 Å². The Kier molecular flexibility index (Phi) is 5.40. The van der Waals surface area contributed by atoms with Crippen LogP contribution in [-0.2, 0) is 14.3 Å². The monoisotopic (exact) mass is 283 g/mol. The number of hydrogen-bond acceptors (Lipinski definition) is 3. The molecule has 0 aromatic carbocycles. The van der Waals surface area contributed by atoms with E-state index in [2.05, 4.69) is 0 Å². The highest BCUT2D eigenvalue weighted by Crippen LogP contribution is 2.31. The third-order valence-electron chi connectivity index (χ3n) is 4.70. The molecule has 20 heavy (non-hydrogen) atoms. The standard InChI is InChI=1S/C15H25NO4/c1-20-10-11-5-7-16(8-6-11)14(17)12-3-2-4-13(9-12)15(18)19/h11-13H,2-10H2,1H3,(H,18,19)/t12-,13-/m0/s1. The summed E-state index contributed by atoms with van der Waals surface area (Å²) in [5.74, 6) is -0.428. The van der Waals surface area contributed by atoms with Crippen LogP contribution in [0.1, 0.15) is 38.5 Å². The van der Waals surface area contributed by atoms with Crippen molar-refractivity contribution in [1.82, 2.24) is 4.90 Å². The van der Waals surface area contributed by atoms with Gasteiger partial charge in [-0.2, -0.15) is 0 Å². The number of aliphatic carboxylic acids is 1. The van der Waals surface area contributed by atoms with Gasteiger partial charge >= 0.3 is 5.97 Å². The van der Waals surface area contributed by atoms with Gasteiger partial charge < -0.3 is 14.7 Å². The molecule has 2 aliphatic rings. The Morgan fingerprint density at radius 2 is 1.80 bits per heavy atom. The molecule has 1 N–H and O–H groups in total. The van der Waals surface area contributed by atoms with E-state index in [0.717, 1.165) is 51.8 Å². The lowest BCUT2D eigenvalue weighted by molar-refractivity contribution is -0.146. The van der Waals surface area contributed by atoms with E-state index in [4.69, 9.17) is 9.84 Å². The van der Waals surface area contributed by atoms with Gasteiger partial charge in [0.15, 0.2) is 0 Å². The van der Waals surface area contributed by atoms with Gasteiger partial charge in [-0.3, -0.25) is 9.59 Å². The van der Waals surface area contributed by atoms with Crippen LogP contribution in [0.2, 0.25) is 0 Å². The molecule has 0 bridgehead atoms. The molecule has 2 atom stereocenters. The van der Waals surface area contributed by atoms with Gasteiger partial charge in [-0.15, -0.1) is 0 Å². The zero-order valence-electron chi connectivity index (χ0n) is 12.2. The summed E-state index contributed by atoms with van der Waals surface area (Å²) in [5.41, 5.74) is 0. The van der Waals surface area contributed by atoms with Crippen LogP contribution in [-0.4, -0.2) is 48.7 Å². The smallest absolute Gasteiger partial charge is 0.306 e. The molecule has 1 heterocycles. The second-order valence-electron chi connectivity index (χ2n) is 6.12. The van der Waals surface area contributed by atoms with E-state index in [0.29, 0.717) is 12.3 Å². The number of likely N-dealkylation sites (tertiary alicyclic amines) is 1. The van der Waals surface area contributed by atoms with Crippen molar-refractivity contribution in [2.75, 3.05) is 26.8 Å². The van der Waals surface area contributed by atoms with Crippen LogP contribution in [0.5, 0.6) is 0 Å². The van der Waals surface area contributed by atoms with Gasteiger partial charge in [0.2, 0.25) is 5.91 Å². The van der Waals surface area contributed by atoms with Crippen LogP contribution in [0, 0.1) is 17.8 Å². The largest absolute Gasteiger partial charge is 0.481 e. The van der Waals surface area contributed by atoms with Gasteiger partial charge in [0.25, 0.3) is 0 Å². The van der Waals surface area contributed by atoms with Crippen LogP contribution in [0.15, 0.2) is 0 Å². The molecule has 5 nitrogen and oxygen atoms in total. The van der Waals surface area contributed by atoms with E-state index in [1.54, 1.807) is 7.11 Å². The first-order valence-electron chi connectivity index (χ1n) is 7.62. The van der Waals surface area contributed by atoms with Gasteiger partial charge in [0.05, 0.1) is 5.92 Å². The lowest BCUT2D eigenvalue weighted by Gasteiger charge is -2.35. The SMILES string of the molecule is COCC1CCN(C(=O)[C@H]2CCC[C@H](C(=O)O)C2)CC1. The quantitative estimate of drug-likeness (QED) is 0.853. The van der Waals surface area contributed by atoms with Crippen LogP contribution < -0.4 is 0 Å². The lowest BCUT2D eigenvalue weighted by atomic mass is 9.80. The number of hydrogen-bond donors (Lipinski definition) is 1. The number of carbonyl (C=O) groups excluding carboxylic acids is 1. The Morgan fingerprint density at radius 3 is 2.40 bits per heavy atom. The Labute approximate surface area is 120 Å². The fraction of sp³-hybridized carbons (Fsp3) is 0.867. The number of rotatable bonds is 4. The molecule has 2 rings (SSSR count). The van der Waals surface area contributed by atoms with Crippen LogP contribution >= 0.6 is 0 Å². The summed E-state index contributed by atoms with van der Waals surface area (Å²) in [5, 5.41) is 9.10. The maximum atomic E-state index is 12.5. The number of carbonyl (C=O) groups is 2. The summed E-state index contributed by atoms with van der Waals surface area (Å²) in [7, 11) is 1.71. The summed E-state index contributed by atoms with van der Waals surface area (Å²) in [6.07, 6.45) is 4.93. The van der Waals surface area contributed by atoms with E-state index >= 15 is 0 Å². The van der Waals surface area contributed by atoms with Crippen molar-refractivity contribution in [2.24, 2.45) is 17.8 Å². The van der Waals surface area contributed by atoms with Crippen LogP contribution in [0.4, 0.5) is 0 Å². The Morgan fingerprint density at radius 1 is 1.15 bits per heavy atom. The Hall–Kier alpha value is -1.10. The predicted molar refractivity (Wildman–Crippen MR) is 74.3 cm³/mol. The van der Waals surface area contributed by atoms with Gasteiger partial charge in [-0.05, 0) is 38.0 Å². The lowest BCUT2D eigenvalue weighted by Crippen LogP contribution is -2.44. The molecule has 5 heteroatoms. The van der Waals surface area contributed by atoms with Crippen LogP contribution in [0.25, 0.3) is 0 Å². The first-order chi connectivity index (χ1) is 9.61. The minimum atomic E-state index is -0.749. The molecule has 1 amide bonds. The van der Waals surface area contributed by atoms with Crippen molar-refractivity contribution in [1.29, 1.82) is 0 Å². The third-order valence-corrected chi connectivity index (χ3v) is 4.70. The first-order valence-corrected chi connectivity index (χ1v) is 7.62. The molecule has 1 saturated carbocycles. The predicted octanol–water partition coefficient (Wildman–Crippen LogP) is 1.76. The van der Waals surface area contributed by atoms with Gasteiger partial charge in [-0.1, -0.05) is 6.42 Å². The summed E-state index contributed by atoms with van der Waals surface area (Å²) >= 11 is 0. The van der Waals surface area contributed by atoms with E-state index < -0.39 is 5.97 Å². The molecule has 1 saturated heterocycles. The molecule has 114 valence electrons. The zero-order chi connectivity index (χ0) is 14.5. The third kappa shape index (κ3) is 3.72. The highest BCUT2D eigenvalue weighted by Gasteiger charge is 2.34. The number of methoxy groups -OCH3 is 1. The molecular formula is C15H25NO4. The van der Waals surface area contributed by atoms with Crippen molar-refractivity contribution in [3.63, 3.8) is 0 Å². The van der Waals surface area contributed by atoms with Crippen molar-refractivity contribution < 1.29 is 19.4 Å². The molecule has 0 unspecified atom stereocenters.